The first kappa shape index (κ1) is 12.4. The standard InChI is InChI=1S/C13H15F3O/c14-13(15,16)12-6-7-17-9-11(12)8-10-4-2-1-3-5-10/h1-5,11-12H,6-9H2/t11-,12+/m0/s1. The van der Waals surface area contributed by atoms with Gasteiger partial charge in [-0.1, -0.05) is 30.3 Å². The van der Waals surface area contributed by atoms with E-state index in [1.54, 1.807) is 0 Å². The van der Waals surface area contributed by atoms with Crippen LogP contribution in [-0.4, -0.2) is 19.4 Å². The molecule has 0 N–H and O–H groups in total. The fourth-order valence-corrected chi connectivity index (χ4v) is 2.35. The van der Waals surface area contributed by atoms with Crippen LogP contribution in [0, 0.1) is 11.8 Å². The predicted molar refractivity (Wildman–Crippen MR) is 58.6 cm³/mol. The summed E-state index contributed by atoms with van der Waals surface area (Å²) in [6.07, 6.45) is -3.59. The van der Waals surface area contributed by atoms with E-state index < -0.39 is 18.0 Å². The van der Waals surface area contributed by atoms with E-state index in [9.17, 15) is 13.2 Å². The Morgan fingerprint density at radius 1 is 1.18 bits per heavy atom. The van der Waals surface area contributed by atoms with E-state index in [1.165, 1.54) is 0 Å². The van der Waals surface area contributed by atoms with Crippen molar-refractivity contribution in [1.82, 2.24) is 0 Å². The molecule has 0 spiro atoms. The van der Waals surface area contributed by atoms with Crippen LogP contribution in [-0.2, 0) is 11.2 Å². The number of alkyl halides is 3. The number of ether oxygens (including phenoxy) is 1. The summed E-state index contributed by atoms with van der Waals surface area (Å²) in [6, 6.07) is 9.29. The summed E-state index contributed by atoms with van der Waals surface area (Å²) in [5.41, 5.74) is 0.942. The first-order chi connectivity index (χ1) is 8.07. The molecule has 1 aromatic carbocycles. The van der Waals surface area contributed by atoms with Crippen molar-refractivity contribution >= 4 is 0 Å². The molecule has 1 aromatic rings. The summed E-state index contributed by atoms with van der Waals surface area (Å²) < 4.78 is 43.7. The maximum absolute atomic E-state index is 12.8. The van der Waals surface area contributed by atoms with Crippen molar-refractivity contribution in [3.05, 3.63) is 35.9 Å². The molecule has 4 heteroatoms. The highest BCUT2D eigenvalue weighted by molar-refractivity contribution is 5.15. The Hall–Kier alpha value is -1.03. The minimum absolute atomic E-state index is 0.0843. The van der Waals surface area contributed by atoms with Gasteiger partial charge in [-0.05, 0) is 24.3 Å². The van der Waals surface area contributed by atoms with E-state index in [0.717, 1.165) is 5.56 Å². The van der Waals surface area contributed by atoms with Crippen molar-refractivity contribution in [2.45, 2.75) is 19.0 Å². The topological polar surface area (TPSA) is 9.23 Å². The quantitative estimate of drug-likeness (QED) is 0.774. The van der Waals surface area contributed by atoms with Gasteiger partial charge in [-0.25, -0.2) is 0 Å². The average molecular weight is 244 g/mol. The molecule has 0 aliphatic carbocycles. The van der Waals surface area contributed by atoms with Crippen LogP contribution in [0.25, 0.3) is 0 Å². The molecule has 0 amide bonds. The van der Waals surface area contributed by atoms with Gasteiger partial charge in [-0.15, -0.1) is 0 Å². The third-order valence-corrected chi connectivity index (χ3v) is 3.24. The van der Waals surface area contributed by atoms with Crippen molar-refractivity contribution in [2.24, 2.45) is 11.8 Å². The highest BCUT2D eigenvalue weighted by atomic mass is 19.4. The molecule has 2 atom stereocenters. The lowest BCUT2D eigenvalue weighted by molar-refractivity contribution is -0.210. The van der Waals surface area contributed by atoms with E-state index in [0.29, 0.717) is 6.42 Å². The zero-order valence-corrected chi connectivity index (χ0v) is 9.41. The van der Waals surface area contributed by atoms with E-state index in [1.807, 2.05) is 30.3 Å². The Morgan fingerprint density at radius 3 is 2.53 bits per heavy atom. The van der Waals surface area contributed by atoms with E-state index in [-0.39, 0.29) is 19.6 Å². The molecule has 94 valence electrons. The van der Waals surface area contributed by atoms with E-state index in [2.05, 4.69) is 0 Å². The zero-order valence-electron chi connectivity index (χ0n) is 9.41. The SMILES string of the molecule is FC(F)(F)[C@@H]1CCOC[C@@H]1Cc1ccccc1. The number of hydrogen-bond donors (Lipinski definition) is 0. The van der Waals surface area contributed by atoms with Gasteiger partial charge in [0.1, 0.15) is 0 Å². The maximum Gasteiger partial charge on any atom is 0.392 e. The van der Waals surface area contributed by atoms with Crippen LogP contribution in [0.15, 0.2) is 30.3 Å². The molecule has 0 aromatic heterocycles. The first-order valence-corrected chi connectivity index (χ1v) is 5.76. The monoisotopic (exact) mass is 244 g/mol. The average Bonchev–Trinajstić information content (AvgIpc) is 2.30. The maximum atomic E-state index is 12.8. The summed E-state index contributed by atoms with van der Waals surface area (Å²) in [5, 5.41) is 0. The second-order valence-electron chi connectivity index (χ2n) is 4.46. The summed E-state index contributed by atoms with van der Waals surface area (Å²) in [5.74, 6) is -1.68. The summed E-state index contributed by atoms with van der Waals surface area (Å²) in [6.45, 7) is 0.425. The van der Waals surface area contributed by atoms with Crippen molar-refractivity contribution in [3.8, 4) is 0 Å². The first-order valence-electron chi connectivity index (χ1n) is 5.76. The van der Waals surface area contributed by atoms with Crippen molar-refractivity contribution in [3.63, 3.8) is 0 Å². The van der Waals surface area contributed by atoms with Gasteiger partial charge in [0, 0.05) is 6.61 Å². The van der Waals surface area contributed by atoms with Gasteiger partial charge in [-0.2, -0.15) is 13.2 Å². The highest BCUT2D eigenvalue weighted by Gasteiger charge is 2.45. The number of benzene rings is 1. The molecular formula is C13H15F3O. The van der Waals surface area contributed by atoms with Gasteiger partial charge >= 0.3 is 6.18 Å². The summed E-state index contributed by atoms with van der Waals surface area (Å²) >= 11 is 0. The molecule has 1 aliphatic rings. The fraction of sp³-hybridized carbons (Fsp3) is 0.538. The summed E-state index contributed by atoms with van der Waals surface area (Å²) in [7, 11) is 0. The molecule has 17 heavy (non-hydrogen) atoms. The molecule has 1 saturated heterocycles. The molecule has 1 fully saturated rings. The van der Waals surface area contributed by atoms with Crippen LogP contribution in [0.2, 0.25) is 0 Å². The third-order valence-electron chi connectivity index (χ3n) is 3.24. The molecule has 0 radical (unpaired) electrons. The minimum atomic E-state index is -4.11. The molecule has 0 bridgehead atoms. The Morgan fingerprint density at radius 2 is 1.88 bits per heavy atom. The van der Waals surface area contributed by atoms with Crippen molar-refractivity contribution < 1.29 is 17.9 Å². The number of halogens is 3. The van der Waals surface area contributed by atoms with Gasteiger partial charge in [0.15, 0.2) is 0 Å². The molecular weight excluding hydrogens is 229 g/mol. The minimum Gasteiger partial charge on any atom is -0.381 e. The predicted octanol–water partition coefficient (Wildman–Crippen LogP) is 3.44. The van der Waals surface area contributed by atoms with Crippen LogP contribution < -0.4 is 0 Å². The Labute approximate surface area is 98.6 Å². The largest absolute Gasteiger partial charge is 0.392 e. The van der Waals surface area contributed by atoms with Crippen molar-refractivity contribution in [2.75, 3.05) is 13.2 Å². The molecule has 2 rings (SSSR count). The smallest absolute Gasteiger partial charge is 0.381 e. The summed E-state index contributed by atoms with van der Waals surface area (Å²) in [4.78, 5) is 0. The molecule has 0 unspecified atom stereocenters. The molecule has 1 aliphatic heterocycles. The van der Waals surface area contributed by atoms with Crippen LogP contribution >= 0.6 is 0 Å². The number of rotatable bonds is 2. The fourth-order valence-electron chi connectivity index (χ4n) is 2.35. The molecule has 1 nitrogen and oxygen atoms in total. The van der Waals surface area contributed by atoms with Crippen LogP contribution in [0.5, 0.6) is 0 Å². The third kappa shape index (κ3) is 3.22. The van der Waals surface area contributed by atoms with Gasteiger partial charge < -0.3 is 4.74 Å². The van der Waals surface area contributed by atoms with Crippen molar-refractivity contribution in [1.29, 1.82) is 0 Å². The van der Waals surface area contributed by atoms with Crippen LogP contribution in [0.1, 0.15) is 12.0 Å². The van der Waals surface area contributed by atoms with Gasteiger partial charge in [-0.3, -0.25) is 0 Å². The van der Waals surface area contributed by atoms with Gasteiger partial charge in [0.2, 0.25) is 0 Å². The van der Waals surface area contributed by atoms with Gasteiger partial charge in [0.05, 0.1) is 12.5 Å². The zero-order chi connectivity index (χ0) is 12.3. The van der Waals surface area contributed by atoms with E-state index in [4.69, 9.17) is 4.74 Å². The number of hydrogen-bond acceptors (Lipinski definition) is 1. The lowest BCUT2D eigenvalue weighted by Crippen LogP contribution is -2.38. The Balaban J connectivity index is 2.07. The Kier molecular flexibility index (Phi) is 3.72. The second kappa shape index (κ2) is 5.08. The molecule has 0 saturated carbocycles. The molecule has 1 heterocycles. The Bertz CT molecular complexity index is 347. The highest BCUT2D eigenvalue weighted by Crippen LogP contribution is 2.38. The lowest BCUT2D eigenvalue weighted by Gasteiger charge is -2.33. The van der Waals surface area contributed by atoms with Crippen LogP contribution in [0.4, 0.5) is 13.2 Å². The lowest BCUT2D eigenvalue weighted by atomic mass is 9.83. The van der Waals surface area contributed by atoms with Gasteiger partial charge in [0.25, 0.3) is 0 Å². The normalized spacial score (nSPS) is 25.8. The van der Waals surface area contributed by atoms with Crippen LogP contribution in [0.3, 0.4) is 0 Å². The second-order valence-corrected chi connectivity index (χ2v) is 4.46. The van der Waals surface area contributed by atoms with E-state index >= 15 is 0 Å².